The first-order valence-electron chi connectivity index (χ1n) is 11.9. The number of nitrogens with zero attached hydrogens (tertiary/aromatic N) is 1. The van der Waals surface area contributed by atoms with Crippen molar-refractivity contribution in [3.63, 3.8) is 0 Å². The second kappa shape index (κ2) is 12.5. The van der Waals surface area contributed by atoms with E-state index in [0.717, 1.165) is 0 Å². The molecule has 10 nitrogen and oxygen atoms in total. The smallest absolute Gasteiger partial charge is 0.435 e. The quantitative estimate of drug-likeness (QED) is 0.301. The molecule has 1 fully saturated rings. The Morgan fingerprint density at radius 3 is 2.66 bits per heavy atom. The zero-order valence-electron chi connectivity index (χ0n) is 21.4. The summed E-state index contributed by atoms with van der Waals surface area (Å²) in [6.45, 7) is 6.37. The van der Waals surface area contributed by atoms with Crippen LogP contribution in [-0.2, 0) is 33.7 Å². The summed E-state index contributed by atoms with van der Waals surface area (Å²) in [6, 6.07) is -0.465. The monoisotopic (exact) mass is 582 g/mol. The average Bonchev–Trinajstić information content (AvgIpc) is 3.37. The van der Waals surface area contributed by atoms with E-state index in [1.54, 1.807) is 38.3 Å². The number of carbonyl (C=O) groups excluding carboxylic acids is 4. The van der Waals surface area contributed by atoms with Gasteiger partial charge in [-0.25, -0.2) is 14.0 Å². The molecule has 0 saturated carbocycles. The average molecular weight is 583 g/mol. The normalized spacial score (nSPS) is 34.0. The molecule has 1 aromatic heterocycles. The Labute approximate surface area is 230 Å². The van der Waals surface area contributed by atoms with Gasteiger partial charge in [-0.3, -0.25) is 14.4 Å². The van der Waals surface area contributed by atoms with E-state index in [1.807, 2.05) is 0 Å². The number of thiazole rings is 1. The van der Waals surface area contributed by atoms with Crippen LogP contribution in [0.5, 0.6) is 0 Å². The molecule has 0 aromatic carbocycles. The second-order valence-corrected chi connectivity index (χ2v) is 13.2. The van der Waals surface area contributed by atoms with E-state index in [2.05, 4.69) is 10.3 Å². The fourth-order valence-electron chi connectivity index (χ4n) is 3.98. The number of hydrogen-bond acceptors (Lipinski definition) is 11. The number of ketones is 1. The molecule has 3 rings (SSSR count). The van der Waals surface area contributed by atoms with Gasteiger partial charge in [0.15, 0.2) is 11.9 Å². The fraction of sp³-hybridized carbons (Fsp3) is 0.480. The van der Waals surface area contributed by atoms with Crippen molar-refractivity contribution >= 4 is 61.0 Å². The fourth-order valence-corrected chi connectivity index (χ4v) is 8.72. The maximum Gasteiger partial charge on any atom is 0.509 e. The minimum atomic E-state index is -2.04. The van der Waals surface area contributed by atoms with Crippen molar-refractivity contribution in [3.05, 3.63) is 46.0 Å². The van der Waals surface area contributed by atoms with Crippen LogP contribution >= 0.6 is 22.1 Å². The number of allylic oxidation sites excluding steroid dienone is 3. The van der Waals surface area contributed by atoms with Gasteiger partial charge in [0, 0.05) is 22.6 Å². The lowest BCUT2D eigenvalue weighted by atomic mass is 9.81. The first-order valence-corrected chi connectivity index (χ1v) is 15.3. The lowest BCUT2D eigenvalue weighted by Gasteiger charge is -2.36. The number of aromatic nitrogens is 1. The summed E-state index contributed by atoms with van der Waals surface area (Å²) in [7, 11) is -1.40. The first-order chi connectivity index (χ1) is 17.9. The Hall–Kier alpha value is -2.61. The lowest BCUT2D eigenvalue weighted by molar-refractivity contribution is -0.132. The van der Waals surface area contributed by atoms with Gasteiger partial charge in [0.2, 0.25) is 11.0 Å². The van der Waals surface area contributed by atoms with Crippen LogP contribution in [0.25, 0.3) is 6.08 Å². The standard InChI is InChI=1S/C25H30N2O8S3/c1-5-34-23(31)35-19-12-15(2)10-11-25(24(4,32)22(30)37-38(25)33)13-20(29)26-16(3)21-27-17(14-36-21)8-6-7-9-18(19)28/h6-9,12,14,16,19,32H,5,10-11,13H2,1-4H3,(H,26,29)/b8-6-,9-7+,15-12+/t16-,19-,24+,25-,38?/m1/s1. The van der Waals surface area contributed by atoms with Crippen LogP contribution in [0.4, 0.5) is 4.79 Å². The Bertz CT molecular complexity index is 1220. The summed E-state index contributed by atoms with van der Waals surface area (Å²) in [5, 5.41) is 15.7. The van der Waals surface area contributed by atoms with Crippen molar-refractivity contribution in [3.8, 4) is 0 Å². The maximum atomic E-state index is 13.2. The topological polar surface area (TPSA) is 149 Å². The number of nitrogens with one attached hydrogen (secondary N) is 1. The summed E-state index contributed by atoms with van der Waals surface area (Å²) in [5.74, 6) is -1.01. The molecule has 1 amide bonds. The van der Waals surface area contributed by atoms with Crippen molar-refractivity contribution in [1.29, 1.82) is 0 Å². The van der Waals surface area contributed by atoms with E-state index >= 15 is 0 Å². The van der Waals surface area contributed by atoms with Crippen molar-refractivity contribution in [2.45, 2.75) is 69.5 Å². The third-order valence-corrected chi connectivity index (χ3v) is 11.2. The number of ether oxygens (including phenoxy) is 2. The molecule has 3 heterocycles. The highest BCUT2D eigenvalue weighted by atomic mass is 33.1. The first kappa shape index (κ1) is 29.9. The minimum Gasteiger partial charge on any atom is -0.435 e. The number of aliphatic hydroxyl groups is 1. The molecule has 0 radical (unpaired) electrons. The van der Waals surface area contributed by atoms with Gasteiger partial charge in [-0.15, -0.1) is 11.3 Å². The zero-order valence-corrected chi connectivity index (χ0v) is 23.9. The number of rotatable bonds is 2. The van der Waals surface area contributed by atoms with E-state index in [1.165, 1.54) is 36.5 Å². The van der Waals surface area contributed by atoms with Crippen LogP contribution in [0.1, 0.15) is 63.7 Å². The summed E-state index contributed by atoms with van der Waals surface area (Å²) in [5.41, 5.74) is -0.863. The summed E-state index contributed by atoms with van der Waals surface area (Å²) in [4.78, 5) is 55.0. The van der Waals surface area contributed by atoms with Crippen LogP contribution in [-0.4, -0.2) is 60.3 Å². The Morgan fingerprint density at radius 2 is 2.00 bits per heavy atom. The van der Waals surface area contributed by atoms with Crippen molar-refractivity contribution in [2.24, 2.45) is 0 Å². The molecule has 1 aromatic rings. The molecule has 1 unspecified atom stereocenters. The molecule has 5 atom stereocenters. The summed E-state index contributed by atoms with van der Waals surface area (Å²) in [6.07, 6.45) is 4.97. The molecule has 2 bridgehead atoms. The Balaban J connectivity index is 2.02. The molecule has 2 N–H and O–H groups in total. The lowest BCUT2D eigenvalue weighted by Crippen LogP contribution is -2.55. The Kier molecular flexibility index (Phi) is 9.85. The van der Waals surface area contributed by atoms with E-state index in [0.29, 0.717) is 27.1 Å². The van der Waals surface area contributed by atoms with Gasteiger partial charge in [0.25, 0.3) is 0 Å². The number of amides is 1. The highest BCUT2D eigenvalue weighted by Crippen LogP contribution is 2.50. The van der Waals surface area contributed by atoms with Crippen LogP contribution in [0.3, 0.4) is 0 Å². The van der Waals surface area contributed by atoms with Crippen molar-refractivity contribution in [2.75, 3.05) is 6.61 Å². The molecular weight excluding hydrogens is 552 g/mol. The Morgan fingerprint density at radius 1 is 1.29 bits per heavy atom. The van der Waals surface area contributed by atoms with E-state index in [-0.39, 0.29) is 25.9 Å². The van der Waals surface area contributed by atoms with Gasteiger partial charge in [0.05, 0.1) is 28.2 Å². The molecule has 13 heteroatoms. The molecule has 1 saturated heterocycles. The SMILES string of the molecule is CCOC(=O)O[C@@H]1/C=C(\C)CC[C@]2(CC(=O)N[C@H](C)c3nc(cs3)/C=C\C=C\C1=O)S(=O)SC(=O)[C@]2(C)O. The third-order valence-electron chi connectivity index (χ3n) is 6.25. The number of carbonyl (C=O) groups is 4. The number of hydrogen-bond donors (Lipinski definition) is 2. The summed E-state index contributed by atoms with van der Waals surface area (Å²) >= 11 is 1.33. The van der Waals surface area contributed by atoms with Gasteiger partial charge in [-0.1, -0.05) is 17.7 Å². The molecule has 2 aliphatic heterocycles. The van der Waals surface area contributed by atoms with Crippen LogP contribution in [0.2, 0.25) is 0 Å². The predicted octanol–water partition coefficient (Wildman–Crippen LogP) is 3.56. The minimum absolute atomic E-state index is 0.00419. The maximum absolute atomic E-state index is 13.2. The van der Waals surface area contributed by atoms with E-state index in [4.69, 9.17) is 9.47 Å². The van der Waals surface area contributed by atoms with Crippen molar-refractivity contribution < 1.29 is 38.0 Å². The van der Waals surface area contributed by atoms with Crippen LogP contribution in [0, 0.1) is 0 Å². The largest absolute Gasteiger partial charge is 0.509 e. The van der Waals surface area contributed by atoms with Gasteiger partial charge >= 0.3 is 6.16 Å². The molecular formula is C25H30N2O8S3. The molecule has 1 spiro atoms. The molecule has 38 heavy (non-hydrogen) atoms. The molecule has 2 aliphatic rings. The van der Waals surface area contributed by atoms with Gasteiger partial charge in [-0.2, -0.15) is 0 Å². The van der Waals surface area contributed by atoms with Crippen LogP contribution in [0.15, 0.2) is 35.3 Å². The highest BCUT2D eigenvalue weighted by molar-refractivity contribution is 8.76. The third kappa shape index (κ3) is 6.68. The second-order valence-electron chi connectivity index (χ2n) is 9.10. The van der Waals surface area contributed by atoms with Gasteiger partial charge in [0.1, 0.15) is 15.4 Å². The van der Waals surface area contributed by atoms with E-state index in [9.17, 15) is 28.5 Å². The molecule has 0 aliphatic carbocycles. The molecule has 206 valence electrons. The van der Waals surface area contributed by atoms with Gasteiger partial charge in [-0.05, 0) is 58.8 Å². The number of fused-ring (bicyclic) bond motifs is 2. The zero-order chi connectivity index (χ0) is 28.1. The predicted molar refractivity (Wildman–Crippen MR) is 145 cm³/mol. The van der Waals surface area contributed by atoms with Crippen LogP contribution < -0.4 is 5.32 Å². The summed E-state index contributed by atoms with van der Waals surface area (Å²) < 4.78 is 21.6. The van der Waals surface area contributed by atoms with Crippen molar-refractivity contribution in [1.82, 2.24) is 10.3 Å². The van der Waals surface area contributed by atoms with Gasteiger partial charge < -0.3 is 19.9 Å². The highest BCUT2D eigenvalue weighted by Gasteiger charge is 2.63. The van der Waals surface area contributed by atoms with E-state index < -0.39 is 55.3 Å².